The van der Waals surface area contributed by atoms with Crippen molar-refractivity contribution in [2.75, 3.05) is 0 Å². The number of carbonyl (C=O) groups excluding carboxylic acids is 1. The van der Waals surface area contributed by atoms with Crippen molar-refractivity contribution in [3.8, 4) is 5.75 Å². The van der Waals surface area contributed by atoms with Gasteiger partial charge in [0.2, 0.25) is 0 Å². The van der Waals surface area contributed by atoms with E-state index in [1.165, 1.54) is 37.0 Å². The molecule has 2 rings (SSSR count). The molecule has 0 saturated carbocycles. The molecule has 0 N–H and O–H groups in total. The van der Waals surface area contributed by atoms with Gasteiger partial charge in [0.05, 0.1) is 5.56 Å². The van der Waals surface area contributed by atoms with Crippen molar-refractivity contribution in [2.24, 2.45) is 14.1 Å². The van der Waals surface area contributed by atoms with Crippen LogP contribution in [0.1, 0.15) is 11.1 Å². The highest BCUT2D eigenvalue weighted by Gasteiger charge is 2.07. The number of esters is 1. The Kier molecular flexibility index (Phi) is 4.86. The number of rotatable bonds is 3. The molecule has 0 aliphatic carbocycles. The summed E-state index contributed by atoms with van der Waals surface area (Å²) in [6.07, 6.45) is 3.80. The van der Waals surface area contributed by atoms with Crippen molar-refractivity contribution in [1.29, 1.82) is 0 Å². The minimum atomic E-state index is -0.647. The van der Waals surface area contributed by atoms with E-state index in [9.17, 15) is 14.4 Å². The normalized spacial score (nSPS) is 11.0. The Balaban J connectivity index is 2.24. The number of hydrogen-bond donors (Lipinski definition) is 0. The van der Waals surface area contributed by atoms with Crippen LogP contribution in [0.5, 0.6) is 5.75 Å². The Morgan fingerprint density at radius 2 is 1.96 bits per heavy atom. The number of benzene rings is 1. The predicted molar refractivity (Wildman–Crippen MR) is 87.8 cm³/mol. The van der Waals surface area contributed by atoms with Crippen LogP contribution in [0, 0.1) is 6.92 Å². The Bertz CT molecular complexity index is 909. The fraction of sp³-hybridized carbons (Fsp3) is 0.188. The number of ether oxygens (including phenoxy) is 1. The maximum absolute atomic E-state index is 11.9. The molecule has 0 atom stereocenters. The standard InChI is InChI=1S/C16H15ClN2O4/c1-10-4-6-12(17)8-13(10)23-14(20)7-5-11-9-18(2)16(22)19(3)15(11)21/h4-9H,1-3H3/b7-5-. The summed E-state index contributed by atoms with van der Waals surface area (Å²) in [5.74, 6) is -0.299. The van der Waals surface area contributed by atoms with Crippen molar-refractivity contribution in [2.45, 2.75) is 6.92 Å². The van der Waals surface area contributed by atoms with E-state index >= 15 is 0 Å². The highest BCUT2D eigenvalue weighted by Crippen LogP contribution is 2.22. The molecule has 7 heteroatoms. The molecule has 0 bridgehead atoms. The summed E-state index contributed by atoms with van der Waals surface area (Å²) < 4.78 is 7.41. The fourth-order valence-corrected chi connectivity index (χ4v) is 2.10. The summed E-state index contributed by atoms with van der Waals surface area (Å²) in [4.78, 5) is 35.4. The van der Waals surface area contributed by atoms with E-state index in [1.807, 2.05) is 0 Å². The van der Waals surface area contributed by atoms with E-state index < -0.39 is 17.2 Å². The number of nitrogens with zero attached hydrogens (tertiary/aromatic N) is 2. The molecule has 1 aromatic carbocycles. The Morgan fingerprint density at radius 3 is 2.65 bits per heavy atom. The number of aryl methyl sites for hydroxylation is 2. The van der Waals surface area contributed by atoms with E-state index in [-0.39, 0.29) is 5.56 Å². The van der Waals surface area contributed by atoms with Gasteiger partial charge in [-0.3, -0.25) is 9.36 Å². The molecule has 2 aromatic rings. The monoisotopic (exact) mass is 334 g/mol. The van der Waals surface area contributed by atoms with Crippen molar-refractivity contribution < 1.29 is 9.53 Å². The average Bonchev–Trinajstić information content (AvgIpc) is 2.51. The van der Waals surface area contributed by atoms with Crippen LogP contribution < -0.4 is 16.0 Å². The molecule has 1 heterocycles. The SMILES string of the molecule is Cc1ccc(Cl)cc1OC(=O)/C=C\c1cn(C)c(=O)n(C)c1=O. The number of carbonyl (C=O) groups is 1. The van der Waals surface area contributed by atoms with Crippen molar-refractivity contribution in [3.63, 3.8) is 0 Å². The third-order valence-electron chi connectivity index (χ3n) is 3.23. The van der Waals surface area contributed by atoms with E-state index in [0.29, 0.717) is 10.8 Å². The average molecular weight is 335 g/mol. The minimum Gasteiger partial charge on any atom is -0.423 e. The van der Waals surface area contributed by atoms with Gasteiger partial charge in [-0.25, -0.2) is 9.59 Å². The Morgan fingerprint density at radius 1 is 1.26 bits per heavy atom. The van der Waals surface area contributed by atoms with Gasteiger partial charge in [-0.1, -0.05) is 17.7 Å². The maximum Gasteiger partial charge on any atom is 0.336 e. The number of hydrogen-bond acceptors (Lipinski definition) is 4. The predicted octanol–water partition coefficient (Wildman–Crippen LogP) is 1.66. The summed E-state index contributed by atoms with van der Waals surface area (Å²) >= 11 is 5.86. The smallest absolute Gasteiger partial charge is 0.336 e. The van der Waals surface area contributed by atoms with Crippen LogP contribution in [0.25, 0.3) is 6.08 Å². The largest absolute Gasteiger partial charge is 0.423 e. The molecular weight excluding hydrogens is 320 g/mol. The van der Waals surface area contributed by atoms with Gasteiger partial charge in [0.25, 0.3) is 5.56 Å². The summed E-state index contributed by atoms with van der Waals surface area (Å²) in [6.45, 7) is 1.78. The number of halogens is 1. The zero-order valence-electron chi connectivity index (χ0n) is 12.9. The number of aromatic nitrogens is 2. The van der Waals surface area contributed by atoms with Gasteiger partial charge in [-0.15, -0.1) is 0 Å². The molecule has 0 radical (unpaired) electrons. The second-order valence-electron chi connectivity index (χ2n) is 5.01. The van der Waals surface area contributed by atoms with Gasteiger partial charge >= 0.3 is 11.7 Å². The molecule has 0 saturated heterocycles. The quantitative estimate of drug-likeness (QED) is 0.486. The molecular formula is C16H15ClN2O4. The minimum absolute atomic E-state index is 0.203. The molecule has 0 spiro atoms. The lowest BCUT2D eigenvalue weighted by Crippen LogP contribution is -2.37. The lowest BCUT2D eigenvalue weighted by molar-refractivity contribution is -0.128. The first-order valence-corrected chi connectivity index (χ1v) is 7.10. The fourth-order valence-electron chi connectivity index (χ4n) is 1.93. The van der Waals surface area contributed by atoms with E-state index in [4.69, 9.17) is 16.3 Å². The summed E-state index contributed by atoms with van der Waals surface area (Å²) in [7, 11) is 2.89. The van der Waals surface area contributed by atoms with Crippen molar-refractivity contribution in [3.05, 3.63) is 67.5 Å². The molecule has 23 heavy (non-hydrogen) atoms. The molecule has 0 unspecified atom stereocenters. The lowest BCUT2D eigenvalue weighted by Gasteiger charge is -2.06. The zero-order valence-corrected chi connectivity index (χ0v) is 13.6. The third-order valence-corrected chi connectivity index (χ3v) is 3.47. The summed E-state index contributed by atoms with van der Waals surface area (Å²) in [6, 6.07) is 4.96. The summed E-state index contributed by atoms with van der Waals surface area (Å²) in [5, 5.41) is 0.453. The van der Waals surface area contributed by atoms with Crippen molar-refractivity contribution in [1.82, 2.24) is 9.13 Å². The highest BCUT2D eigenvalue weighted by molar-refractivity contribution is 6.30. The zero-order chi connectivity index (χ0) is 17.1. The lowest BCUT2D eigenvalue weighted by atomic mass is 10.2. The van der Waals surface area contributed by atoms with E-state index in [1.54, 1.807) is 19.1 Å². The third kappa shape index (κ3) is 3.78. The topological polar surface area (TPSA) is 70.3 Å². The first-order chi connectivity index (χ1) is 10.8. The van der Waals surface area contributed by atoms with Crippen LogP contribution in [0.15, 0.2) is 40.1 Å². The first kappa shape index (κ1) is 16.8. The van der Waals surface area contributed by atoms with Gasteiger partial charge in [-0.2, -0.15) is 0 Å². The molecule has 120 valence electrons. The van der Waals surface area contributed by atoms with Crippen molar-refractivity contribution >= 4 is 23.6 Å². The molecule has 0 amide bonds. The van der Waals surface area contributed by atoms with Gasteiger partial charge in [0.15, 0.2) is 0 Å². The van der Waals surface area contributed by atoms with Crippen LogP contribution in [0.2, 0.25) is 5.02 Å². The maximum atomic E-state index is 11.9. The molecule has 6 nitrogen and oxygen atoms in total. The van der Waals surface area contributed by atoms with Gasteiger partial charge in [0, 0.05) is 31.4 Å². The van der Waals surface area contributed by atoms with E-state index in [2.05, 4.69) is 0 Å². The molecule has 0 aliphatic rings. The Labute approximate surface area is 137 Å². The van der Waals surface area contributed by atoms with Gasteiger partial charge in [0.1, 0.15) is 5.75 Å². The van der Waals surface area contributed by atoms with Gasteiger partial charge < -0.3 is 9.30 Å². The van der Waals surface area contributed by atoms with Crippen LogP contribution >= 0.6 is 11.6 Å². The summed E-state index contributed by atoms with van der Waals surface area (Å²) in [5.41, 5.74) is 0.0314. The molecule has 0 fully saturated rings. The van der Waals surface area contributed by atoms with Crippen LogP contribution in [0.4, 0.5) is 0 Å². The highest BCUT2D eigenvalue weighted by atomic mass is 35.5. The van der Waals surface area contributed by atoms with Crippen LogP contribution in [-0.4, -0.2) is 15.1 Å². The second kappa shape index (κ2) is 6.66. The molecule has 1 aromatic heterocycles. The first-order valence-electron chi connectivity index (χ1n) is 6.72. The second-order valence-corrected chi connectivity index (χ2v) is 5.44. The van der Waals surface area contributed by atoms with Gasteiger partial charge in [-0.05, 0) is 30.7 Å². The van der Waals surface area contributed by atoms with Crippen LogP contribution in [-0.2, 0) is 18.9 Å². The molecule has 0 aliphatic heterocycles. The van der Waals surface area contributed by atoms with E-state index in [0.717, 1.165) is 16.2 Å². The van der Waals surface area contributed by atoms with Crippen LogP contribution in [0.3, 0.4) is 0 Å². The Hall–Kier alpha value is -2.60.